The predicted molar refractivity (Wildman–Crippen MR) is 88.7 cm³/mol. The largest absolute Gasteiger partial charge is 0.467 e. The van der Waals surface area contributed by atoms with Gasteiger partial charge >= 0.3 is 0 Å². The minimum absolute atomic E-state index is 0.110. The number of nitrogens with zero attached hydrogens (tertiary/aromatic N) is 2. The van der Waals surface area contributed by atoms with Gasteiger partial charge in [-0.25, -0.2) is 4.98 Å². The molecule has 3 heterocycles. The van der Waals surface area contributed by atoms with Gasteiger partial charge in [-0.05, 0) is 31.0 Å². The molecular weight excluding hydrogens is 332 g/mol. The SMILES string of the molecule is NC(=O)c1cnc(N2CCC[C@H]2C(=O)NCc2ccco2)c(Cl)c1. The number of hydrogen-bond donors (Lipinski definition) is 2. The van der Waals surface area contributed by atoms with Crippen molar-refractivity contribution in [3.8, 4) is 0 Å². The van der Waals surface area contributed by atoms with E-state index in [1.807, 2.05) is 4.90 Å². The van der Waals surface area contributed by atoms with E-state index in [4.69, 9.17) is 21.8 Å². The standard InChI is InChI=1S/C16H17ClN4O3/c17-12-7-10(14(18)22)8-19-15(12)21-5-1-4-13(21)16(23)20-9-11-3-2-6-24-11/h2-3,6-8,13H,1,4-5,9H2,(H2,18,22)(H,20,23)/t13-/m0/s1. The zero-order chi connectivity index (χ0) is 17.1. The van der Waals surface area contributed by atoms with Gasteiger partial charge in [-0.3, -0.25) is 9.59 Å². The summed E-state index contributed by atoms with van der Waals surface area (Å²) in [5.41, 5.74) is 5.46. The zero-order valence-corrected chi connectivity index (χ0v) is 13.6. The first-order valence-electron chi connectivity index (χ1n) is 7.58. The first kappa shape index (κ1) is 16.3. The number of nitrogens with one attached hydrogen (secondary N) is 1. The lowest BCUT2D eigenvalue weighted by atomic mass is 10.2. The number of hydrogen-bond acceptors (Lipinski definition) is 5. The van der Waals surface area contributed by atoms with E-state index in [0.717, 1.165) is 6.42 Å². The van der Waals surface area contributed by atoms with Crippen LogP contribution in [0.15, 0.2) is 35.1 Å². The molecule has 3 N–H and O–H groups in total. The van der Waals surface area contributed by atoms with Crippen molar-refractivity contribution in [2.45, 2.75) is 25.4 Å². The van der Waals surface area contributed by atoms with Crippen LogP contribution in [0, 0.1) is 0 Å². The third kappa shape index (κ3) is 3.35. The van der Waals surface area contributed by atoms with Crippen LogP contribution in [0.3, 0.4) is 0 Å². The molecule has 3 rings (SSSR count). The average Bonchev–Trinajstić information content (AvgIpc) is 3.24. The minimum atomic E-state index is -0.592. The summed E-state index contributed by atoms with van der Waals surface area (Å²) in [5.74, 6) is 0.470. The van der Waals surface area contributed by atoms with E-state index in [9.17, 15) is 9.59 Å². The number of carbonyl (C=O) groups is 2. The highest BCUT2D eigenvalue weighted by molar-refractivity contribution is 6.33. The number of rotatable bonds is 5. The maximum atomic E-state index is 12.5. The van der Waals surface area contributed by atoms with Crippen molar-refractivity contribution < 1.29 is 14.0 Å². The molecule has 1 aliphatic heterocycles. The van der Waals surface area contributed by atoms with E-state index >= 15 is 0 Å². The van der Waals surface area contributed by atoms with Gasteiger partial charge in [0, 0.05) is 12.7 Å². The second kappa shape index (κ2) is 6.92. The Bertz CT molecular complexity index is 748. The Morgan fingerprint density at radius 2 is 2.33 bits per heavy atom. The number of anilines is 1. The molecule has 1 atom stereocenters. The molecule has 0 spiro atoms. The van der Waals surface area contributed by atoms with Crippen molar-refractivity contribution in [1.82, 2.24) is 10.3 Å². The summed E-state index contributed by atoms with van der Waals surface area (Å²) >= 11 is 6.22. The molecule has 0 bridgehead atoms. The molecule has 2 amide bonds. The summed E-state index contributed by atoms with van der Waals surface area (Å²) in [6.07, 6.45) is 4.50. The first-order chi connectivity index (χ1) is 11.6. The molecule has 7 nitrogen and oxygen atoms in total. The fraction of sp³-hybridized carbons (Fsp3) is 0.312. The third-order valence-electron chi connectivity index (χ3n) is 3.95. The lowest BCUT2D eigenvalue weighted by Crippen LogP contribution is -2.43. The summed E-state index contributed by atoms with van der Waals surface area (Å²) in [6.45, 7) is 0.999. The molecule has 0 unspecified atom stereocenters. The highest BCUT2D eigenvalue weighted by atomic mass is 35.5. The highest BCUT2D eigenvalue weighted by Crippen LogP contribution is 2.30. The molecule has 0 aliphatic carbocycles. The fourth-order valence-corrected chi connectivity index (χ4v) is 3.05. The van der Waals surface area contributed by atoms with Gasteiger partial charge in [0.1, 0.15) is 17.6 Å². The number of aromatic nitrogens is 1. The summed E-state index contributed by atoms with van der Waals surface area (Å²) in [6, 6.07) is 4.69. The van der Waals surface area contributed by atoms with Crippen LogP contribution in [0.4, 0.5) is 5.82 Å². The van der Waals surface area contributed by atoms with E-state index in [2.05, 4.69) is 10.3 Å². The molecule has 2 aromatic rings. The van der Waals surface area contributed by atoms with Crippen molar-refractivity contribution in [2.24, 2.45) is 5.73 Å². The molecule has 126 valence electrons. The van der Waals surface area contributed by atoms with Crippen LogP contribution in [0.5, 0.6) is 0 Å². The molecule has 1 aliphatic rings. The fourth-order valence-electron chi connectivity index (χ4n) is 2.77. The molecule has 2 aromatic heterocycles. The third-order valence-corrected chi connectivity index (χ3v) is 4.23. The van der Waals surface area contributed by atoms with Gasteiger partial charge in [0.25, 0.3) is 0 Å². The van der Waals surface area contributed by atoms with Gasteiger partial charge in [-0.1, -0.05) is 11.6 Å². The van der Waals surface area contributed by atoms with Crippen LogP contribution in [0.2, 0.25) is 5.02 Å². The quantitative estimate of drug-likeness (QED) is 0.856. The lowest BCUT2D eigenvalue weighted by molar-refractivity contribution is -0.122. The van der Waals surface area contributed by atoms with Crippen LogP contribution in [0.1, 0.15) is 29.0 Å². The summed E-state index contributed by atoms with van der Waals surface area (Å²) in [5, 5.41) is 3.16. The van der Waals surface area contributed by atoms with Crippen LogP contribution >= 0.6 is 11.6 Å². The Labute approximate surface area is 143 Å². The number of nitrogens with two attached hydrogens (primary N) is 1. The number of primary amides is 1. The molecule has 0 radical (unpaired) electrons. The van der Waals surface area contributed by atoms with Crippen LogP contribution < -0.4 is 16.0 Å². The topological polar surface area (TPSA) is 101 Å². The summed E-state index contributed by atoms with van der Waals surface area (Å²) < 4.78 is 5.21. The number of amides is 2. The van der Waals surface area contributed by atoms with Gasteiger partial charge in [-0.2, -0.15) is 0 Å². The minimum Gasteiger partial charge on any atom is -0.467 e. The normalized spacial score (nSPS) is 17.0. The van der Waals surface area contributed by atoms with Crippen molar-refractivity contribution in [3.05, 3.63) is 47.0 Å². The molecular formula is C16H17ClN4O3. The number of halogens is 1. The van der Waals surface area contributed by atoms with E-state index in [0.29, 0.717) is 36.1 Å². The first-order valence-corrected chi connectivity index (χ1v) is 7.96. The molecule has 0 saturated carbocycles. The molecule has 24 heavy (non-hydrogen) atoms. The molecule has 0 aromatic carbocycles. The second-order valence-electron chi connectivity index (χ2n) is 5.54. The Morgan fingerprint density at radius 1 is 1.50 bits per heavy atom. The number of pyridine rings is 1. The van der Waals surface area contributed by atoms with Crippen molar-refractivity contribution in [1.29, 1.82) is 0 Å². The number of carbonyl (C=O) groups excluding carboxylic acids is 2. The smallest absolute Gasteiger partial charge is 0.250 e. The van der Waals surface area contributed by atoms with Crippen LogP contribution in [-0.4, -0.2) is 29.4 Å². The van der Waals surface area contributed by atoms with Crippen molar-refractivity contribution in [2.75, 3.05) is 11.4 Å². The zero-order valence-electron chi connectivity index (χ0n) is 12.9. The summed E-state index contributed by atoms with van der Waals surface area (Å²) in [4.78, 5) is 29.7. The Balaban J connectivity index is 1.73. The number of furan rings is 1. The van der Waals surface area contributed by atoms with E-state index in [1.54, 1.807) is 18.4 Å². The maximum absolute atomic E-state index is 12.5. The second-order valence-corrected chi connectivity index (χ2v) is 5.95. The van der Waals surface area contributed by atoms with Crippen LogP contribution in [-0.2, 0) is 11.3 Å². The Morgan fingerprint density at radius 3 is 3.00 bits per heavy atom. The summed E-state index contributed by atoms with van der Waals surface area (Å²) in [7, 11) is 0. The van der Waals surface area contributed by atoms with Gasteiger partial charge in [0.15, 0.2) is 0 Å². The highest BCUT2D eigenvalue weighted by Gasteiger charge is 2.32. The van der Waals surface area contributed by atoms with Gasteiger partial charge in [-0.15, -0.1) is 0 Å². The molecule has 1 fully saturated rings. The monoisotopic (exact) mass is 348 g/mol. The van der Waals surface area contributed by atoms with E-state index in [1.165, 1.54) is 12.3 Å². The van der Waals surface area contributed by atoms with Crippen LogP contribution in [0.25, 0.3) is 0 Å². The van der Waals surface area contributed by atoms with Crippen molar-refractivity contribution >= 4 is 29.2 Å². The predicted octanol–water partition coefficient (Wildman–Crippen LogP) is 1.71. The maximum Gasteiger partial charge on any atom is 0.250 e. The lowest BCUT2D eigenvalue weighted by Gasteiger charge is -2.25. The Hall–Kier alpha value is -2.54. The van der Waals surface area contributed by atoms with Gasteiger partial charge < -0.3 is 20.4 Å². The molecule has 1 saturated heterocycles. The van der Waals surface area contributed by atoms with Crippen molar-refractivity contribution in [3.63, 3.8) is 0 Å². The van der Waals surface area contributed by atoms with Gasteiger partial charge in [0.05, 0.1) is 23.4 Å². The van der Waals surface area contributed by atoms with Gasteiger partial charge in [0.2, 0.25) is 11.8 Å². The molecule has 8 heteroatoms. The average molecular weight is 349 g/mol. The van der Waals surface area contributed by atoms with E-state index in [-0.39, 0.29) is 17.5 Å². The van der Waals surface area contributed by atoms with E-state index < -0.39 is 5.91 Å². The Kier molecular flexibility index (Phi) is 4.71.